The molecule has 2 aromatic rings. The Kier molecular flexibility index (Phi) is 5.11. The molecular formula is C15H23N3O2. The molecule has 2 rings (SSSR count). The summed E-state index contributed by atoms with van der Waals surface area (Å²) < 4.78 is 2.06. The van der Waals surface area contributed by atoms with Crippen LogP contribution >= 0.6 is 0 Å². The Bertz CT molecular complexity index is 565. The molecule has 0 saturated heterocycles. The molecule has 0 radical (unpaired) electrons. The SMILES string of the molecule is CCc1ccc2c(c1)nc(CN(C)CCO)n2CCO. The molecule has 1 heterocycles. The van der Waals surface area contributed by atoms with Crippen LogP contribution in [0.2, 0.25) is 0 Å². The predicted molar refractivity (Wildman–Crippen MR) is 79.6 cm³/mol. The first-order chi connectivity index (χ1) is 9.69. The number of fused-ring (bicyclic) bond motifs is 1. The maximum atomic E-state index is 9.26. The van der Waals surface area contributed by atoms with Gasteiger partial charge in [-0.15, -0.1) is 0 Å². The monoisotopic (exact) mass is 277 g/mol. The van der Waals surface area contributed by atoms with E-state index in [0.717, 1.165) is 23.3 Å². The minimum Gasteiger partial charge on any atom is -0.395 e. The summed E-state index contributed by atoms with van der Waals surface area (Å²) in [6.07, 6.45) is 0.989. The van der Waals surface area contributed by atoms with Crippen molar-refractivity contribution >= 4 is 11.0 Å². The molecule has 20 heavy (non-hydrogen) atoms. The Morgan fingerprint density at radius 1 is 1.25 bits per heavy atom. The summed E-state index contributed by atoms with van der Waals surface area (Å²) in [5.74, 6) is 0.929. The quantitative estimate of drug-likeness (QED) is 0.793. The third-order valence-electron chi connectivity index (χ3n) is 3.52. The molecule has 0 atom stereocenters. The maximum Gasteiger partial charge on any atom is 0.124 e. The molecule has 0 aliphatic rings. The highest BCUT2D eigenvalue weighted by Gasteiger charge is 2.12. The van der Waals surface area contributed by atoms with Gasteiger partial charge in [-0.25, -0.2) is 4.98 Å². The van der Waals surface area contributed by atoms with Crippen molar-refractivity contribution in [2.24, 2.45) is 0 Å². The molecule has 1 aromatic carbocycles. The zero-order chi connectivity index (χ0) is 14.5. The molecule has 0 spiro atoms. The average molecular weight is 277 g/mol. The summed E-state index contributed by atoms with van der Waals surface area (Å²) in [5.41, 5.74) is 3.30. The van der Waals surface area contributed by atoms with Gasteiger partial charge in [-0.3, -0.25) is 4.90 Å². The van der Waals surface area contributed by atoms with Crippen LogP contribution in [0.25, 0.3) is 11.0 Å². The first-order valence-electron chi connectivity index (χ1n) is 7.08. The van der Waals surface area contributed by atoms with Crippen molar-refractivity contribution in [1.82, 2.24) is 14.5 Å². The van der Waals surface area contributed by atoms with Gasteiger partial charge in [0, 0.05) is 13.1 Å². The zero-order valence-corrected chi connectivity index (χ0v) is 12.2. The number of imidazole rings is 1. The van der Waals surface area contributed by atoms with Crippen LogP contribution in [0, 0.1) is 0 Å². The van der Waals surface area contributed by atoms with Crippen LogP contribution in [0.15, 0.2) is 18.2 Å². The average Bonchev–Trinajstić information content (AvgIpc) is 2.76. The van der Waals surface area contributed by atoms with E-state index in [1.807, 2.05) is 11.9 Å². The number of aryl methyl sites for hydroxylation is 1. The number of likely N-dealkylation sites (N-methyl/N-ethyl adjacent to an activating group) is 1. The van der Waals surface area contributed by atoms with Crippen molar-refractivity contribution in [3.63, 3.8) is 0 Å². The first kappa shape index (κ1) is 15.0. The van der Waals surface area contributed by atoms with Crippen LogP contribution in [0.1, 0.15) is 18.3 Å². The highest BCUT2D eigenvalue weighted by atomic mass is 16.3. The van der Waals surface area contributed by atoms with Gasteiger partial charge in [0.05, 0.1) is 30.8 Å². The highest BCUT2D eigenvalue weighted by molar-refractivity contribution is 5.77. The van der Waals surface area contributed by atoms with Gasteiger partial charge in [0.25, 0.3) is 0 Å². The van der Waals surface area contributed by atoms with Crippen molar-refractivity contribution in [2.45, 2.75) is 26.4 Å². The van der Waals surface area contributed by atoms with Crippen LogP contribution < -0.4 is 0 Å². The minimum atomic E-state index is 0.0949. The number of nitrogens with zero attached hydrogens (tertiary/aromatic N) is 3. The zero-order valence-electron chi connectivity index (χ0n) is 12.2. The lowest BCUT2D eigenvalue weighted by Crippen LogP contribution is -2.24. The van der Waals surface area contributed by atoms with Crippen molar-refractivity contribution in [1.29, 1.82) is 0 Å². The molecule has 0 bridgehead atoms. The van der Waals surface area contributed by atoms with Gasteiger partial charge in [-0.1, -0.05) is 13.0 Å². The fraction of sp³-hybridized carbons (Fsp3) is 0.533. The van der Waals surface area contributed by atoms with Gasteiger partial charge >= 0.3 is 0 Å². The number of hydrogen-bond acceptors (Lipinski definition) is 4. The standard InChI is InChI=1S/C15H23N3O2/c1-3-12-4-5-14-13(10-12)16-15(18(14)7-9-20)11-17(2)6-8-19/h4-5,10,19-20H,3,6-9,11H2,1-2H3. The smallest absolute Gasteiger partial charge is 0.124 e. The van der Waals surface area contributed by atoms with Crippen LogP contribution in [0.4, 0.5) is 0 Å². The van der Waals surface area contributed by atoms with Crippen LogP contribution in [0.5, 0.6) is 0 Å². The molecule has 0 fully saturated rings. The topological polar surface area (TPSA) is 61.5 Å². The second kappa shape index (κ2) is 6.83. The van der Waals surface area contributed by atoms with Gasteiger partial charge in [0.15, 0.2) is 0 Å². The van der Waals surface area contributed by atoms with Gasteiger partial charge in [-0.2, -0.15) is 0 Å². The van der Waals surface area contributed by atoms with Crippen molar-refractivity contribution in [3.05, 3.63) is 29.6 Å². The van der Waals surface area contributed by atoms with Crippen molar-refractivity contribution in [3.8, 4) is 0 Å². The Morgan fingerprint density at radius 3 is 2.70 bits per heavy atom. The summed E-state index contributed by atoms with van der Waals surface area (Å²) >= 11 is 0. The number of hydrogen-bond donors (Lipinski definition) is 2. The molecule has 0 amide bonds. The van der Waals surface area contributed by atoms with Crippen LogP contribution in [-0.4, -0.2) is 51.5 Å². The lowest BCUT2D eigenvalue weighted by atomic mass is 10.1. The van der Waals surface area contributed by atoms with E-state index < -0.39 is 0 Å². The Morgan fingerprint density at radius 2 is 2.05 bits per heavy atom. The number of aliphatic hydroxyl groups is 2. The molecule has 0 unspecified atom stereocenters. The Balaban J connectivity index is 2.38. The molecule has 0 aliphatic carbocycles. The molecule has 5 heteroatoms. The Hall–Kier alpha value is -1.43. The highest BCUT2D eigenvalue weighted by Crippen LogP contribution is 2.19. The fourth-order valence-electron chi connectivity index (χ4n) is 2.41. The van der Waals surface area contributed by atoms with Gasteiger partial charge in [-0.05, 0) is 31.2 Å². The molecule has 0 aliphatic heterocycles. The third-order valence-corrected chi connectivity index (χ3v) is 3.52. The third kappa shape index (κ3) is 3.17. The van der Waals surface area contributed by atoms with Crippen LogP contribution in [0.3, 0.4) is 0 Å². The van der Waals surface area contributed by atoms with Crippen molar-refractivity contribution in [2.75, 3.05) is 26.8 Å². The molecule has 2 N–H and O–H groups in total. The number of benzene rings is 1. The van der Waals surface area contributed by atoms with E-state index in [-0.39, 0.29) is 13.2 Å². The lowest BCUT2D eigenvalue weighted by Gasteiger charge is -2.15. The van der Waals surface area contributed by atoms with Crippen molar-refractivity contribution < 1.29 is 10.2 Å². The normalized spacial score (nSPS) is 11.7. The molecule has 5 nitrogen and oxygen atoms in total. The summed E-state index contributed by atoms with van der Waals surface area (Å²) in [7, 11) is 1.95. The second-order valence-electron chi connectivity index (χ2n) is 5.04. The molecule has 1 aromatic heterocycles. The van der Waals surface area contributed by atoms with Gasteiger partial charge in [0.1, 0.15) is 5.82 Å². The molecular weight excluding hydrogens is 254 g/mol. The van der Waals surface area contributed by atoms with E-state index >= 15 is 0 Å². The van der Waals surface area contributed by atoms with E-state index in [1.165, 1.54) is 5.56 Å². The molecule has 0 saturated carbocycles. The number of aliphatic hydroxyl groups excluding tert-OH is 2. The summed E-state index contributed by atoms with van der Waals surface area (Å²) in [4.78, 5) is 6.71. The summed E-state index contributed by atoms with van der Waals surface area (Å²) in [6, 6.07) is 6.30. The van der Waals surface area contributed by atoms with Gasteiger partial charge in [0.2, 0.25) is 0 Å². The van der Waals surface area contributed by atoms with Crippen LogP contribution in [-0.2, 0) is 19.5 Å². The number of rotatable bonds is 7. The fourth-order valence-corrected chi connectivity index (χ4v) is 2.41. The lowest BCUT2D eigenvalue weighted by molar-refractivity contribution is 0.211. The van der Waals surface area contributed by atoms with Gasteiger partial charge < -0.3 is 14.8 Å². The predicted octanol–water partition coefficient (Wildman–Crippen LogP) is 1.02. The van der Waals surface area contributed by atoms with E-state index in [9.17, 15) is 5.11 Å². The minimum absolute atomic E-state index is 0.0949. The summed E-state index contributed by atoms with van der Waals surface area (Å²) in [6.45, 7) is 4.18. The number of aromatic nitrogens is 2. The summed E-state index contributed by atoms with van der Waals surface area (Å²) in [5, 5.41) is 18.2. The van der Waals surface area contributed by atoms with E-state index in [4.69, 9.17) is 10.1 Å². The maximum absolute atomic E-state index is 9.26. The second-order valence-corrected chi connectivity index (χ2v) is 5.04. The van der Waals surface area contributed by atoms with E-state index in [2.05, 4.69) is 29.7 Å². The Labute approximate surface area is 119 Å². The first-order valence-corrected chi connectivity index (χ1v) is 7.08. The molecule has 110 valence electrons. The largest absolute Gasteiger partial charge is 0.395 e. The van der Waals surface area contributed by atoms with E-state index in [1.54, 1.807) is 0 Å². The van der Waals surface area contributed by atoms with E-state index in [0.29, 0.717) is 19.6 Å².